The summed E-state index contributed by atoms with van der Waals surface area (Å²) in [6.07, 6.45) is 0. The summed E-state index contributed by atoms with van der Waals surface area (Å²) in [5, 5.41) is 11.3. The van der Waals surface area contributed by atoms with Gasteiger partial charge in [-0.3, -0.25) is 4.79 Å². The molecule has 1 aliphatic rings. The van der Waals surface area contributed by atoms with Gasteiger partial charge in [-0.05, 0) is 24.6 Å². The number of aromatic nitrogens is 3. The number of anilines is 1. The maximum Gasteiger partial charge on any atom is 0.240 e. The van der Waals surface area contributed by atoms with Crippen LogP contribution in [0.3, 0.4) is 0 Å². The van der Waals surface area contributed by atoms with Gasteiger partial charge in [0.25, 0.3) is 0 Å². The molecule has 5 rings (SSSR count). The van der Waals surface area contributed by atoms with E-state index in [1.165, 1.54) is 17.8 Å². The monoisotopic (exact) mass is 445 g/mol. The molecule has 32 heavy (non-hydrogen) atoms. The summed E-state index contributed by atoms with van der Waals surface area (Å²) in [5.41, 5.74) is 6.56. The second-order valence-electron chi connectivity index (χ2n) is 7.53. The van der Waals surface area contributed by atoms with Crippen molar-refractivity contribution in [2.45, 2.75) is 23.4 Å². The maximum absolute atomic E-state index is 14.1. The van der Waals surface area contributed by atoms with Gasteiger partial charge in [-0.2, -0.15) is 0 Å². The Balaban J connectivity index is 1.52. The summed E-state index contributed by atoms with van der Waals surface area (Å²) in [4.78, 5) is 13.3. The molecule has 4 aromatic rings. The maximum atomic E-state index is 14.1. The summed E-state index contributed by atoms with van der Waals surface area (Å²) in [5.74, 6) is -0.122. The Hall–Kier alpha value is -3.65. The first-order chi connectivity index (χ1) is 15.6. The first kappa shape index (κ1) is 20.3. The molecule has 8 heteroatoms. The van der Waals surface area contributed by atoms with E-state index < -0.39 is 11.1 Å². The minimum atomic E-state index is -0.586. The molecule has 2 N–H and O–H groups in total. The predicted octanol–water partition coefficient (Wildman–Crippen LogP) is 4.79. The van der Waals surface area contributed by atoms with Crippen molar-refractivity contribution in [3.8, 4) is 11.4 Å². The fraction of sp³-hybridized carbons (Fsp3) is 0.125. The van der Waals surface area contributed by atoms with E-state index in [0.29, 0.717) is 11.0 Å². The number of halogens is 1. The van der Waals surface area contributed by atoms with Crippen LogP contribution in [0.5, 0.6) is 0 Å². The van der Waals surface area contributed by atoms with Crippen LogP contribution in [0.2, 0.25) is 0 Å². The predicted molar refractivity (Wildman–Crippen MR) is 123 cm³/mol. The van der Waals surface area contributed by atoms with E-state index in [0.717, 1.165) is 16.7 Å². The molecular formula is C24H20FN5OS. The van der Waals surface area contributed by atoms with Gasteiger partial charge in [-0.15, -0.1) is 10.2 Å². The second-order valence-corrected chi connectivity index (χ2v) is 8.64. The van der Waals surface area contributed by atoms with Crippen molar-refractivity contribution in [2.24, 2.45) is 0 Å². The average molecular weight is 446 g/mol. The van der Waals surface area contributed by atoms with E-state index in [1.54, 1.807) is 18.2 Å². The summed E-state index contributed by atoms with van der Waals surface area (Å²) in [6.45, 7) is 2.01. The van der Waals surface area contributed by atoms with Crippen LogP contribution in [-0.2, 0) is 4.79 Å². The van der Waals surface area contributed by atoms with Crippen molar-refractivity contribution in [1.82, 2.24) is 14.9 Å². The number of amides is 1. The number of para-hydroxylation sites is 1. The van der Waals surface area contributed by atoms with Crippen molar-refractivity contribution in [3.05, 3.63) is 95.8 Å². The normalized spacial score (nSPS) is 17.3. The molecule has 0 spiro atoms. The highest BCUT2D eigenvalue weighted by molar-refractivity contribution is 8.00. The van der Waals surface area contributed by atoms with Crippen LogP contribution in [0.25, 0.3) is 11.4 Å². The smallest absolute Gasteiger partial charge is 0.240 e. The molecule has 160 valence electrons. The van der Waals surface area contributed by atoms with Crippen molar-refractivity contribution in [1.29, 1.82) is 0 Å². The molecule has 6 nitrogen and oxygen atoms in total. The number of nitrogens with zero attached hydrogens (tertiary/aromatic N) is 3. The quantitative estimate of drug-likeness (QED) is 0.473. The molecule has 3 aromatic carbocycles. The largest absolute Gasteiger partial charge is 0.323 e. The molecule has 0 saturated carbocycles. The molecule has 0 aliphatic carbocycles. The molecule has 1 aliphatic heterocycles. The highest BCUT2D eigenvalue weighted by Crippen LogP contribution is 2.39. The standard InChI is InChI=1S/C24H20FN5OS/c1-15-11-13-16(14-12-15)20-21(23(31)26-19-10-6-5-9-18(19)25)32-24-28-27-22(30(24)29-20)17-7-3-2-4-8-17/h2-14,20-21,29H,1H3,(H,26,31)/t20-,21+/m0/s1. The van der Waals surface area contributed by atoms with Crippen LogP contribution < -0.4 is 10.7 Å². The summed E-state index contributed by atoms with van der Waals surface area (Å²) in [6, 6.07) is 23.5. The Morgan fingerprint density at radius 1 is 1.00 bits per heavy atom. The lowest BCUT2D eigenvalue weighted by atomic mass is 10.0. The lowest BCUT2D eigenvalue weighted by Gasteiger charge is -2.33. The molecule has 0 unspecified atom stereocenters. The third-order valence-electron chi connectivity index (χ3n) is 5.30. The number of aryl methyl sites for hydroxylation is 1. The summed E-state index contributed by atoms with van der Waals surface area (Å²) in [7, 11) is 0. The number of hydrogen-bond donors (Lipinski definition) is 2. The van der Waals surface area contributed by atoms with Crippen LogP contribution in [0, 0.1) is 12.7 Å². The fourth-order valence-corrected chi connectivity index (χ4v) is 4.70. The molecule has 0 saturated heterocycles. The van der Waals surface area contributed by atoms with E-state index in [9.17, 15) is 9.18 Å². The van der Waals surface area contributed by atoms with Gasteiger partial charge >= 0.3 is 0 Å². The van der Waals surface area contributed by atoms with Crippen molar-refractivity contribution < 1.29 is 9.18 Å². The van der Waals surface area contributed by atoms with Gasteiger partial charge in [0.2, 0.25) is 11.1 Å². The van der Waals surface area contributed by atoms with Crippen LogP contribution >= 0.6 is 11.8 Å². The molecule has 2 atom stereocenters. The molecule has 2 heterocycles. The molecule has 1 aromatic heterocycles. The number of rotatable bonds is 4. The first-order valence-corrected chi connectivity index (χ1v) is 11.0. The van der Waals surface area contributed by atoms with Crippen LogP contribution in [0.4, 0.5) is 10.1 Å². The van der Waals surface area contributed by atoms with E-state index in [2.05, 4.69) is 20.9 Å². The zero-order chi connectivity index (χ0) is 22.1. The third kappa shape index (κ3) is 3.85. The van der Waals surface area contributed by atoms with Gasteiger partial charge in [0.1, 0.15) is 11.1 Å². The molecule has 0 fully saturated rings. The van der Waals surface area contributed by atoms with Gasteiger partial charge in [-0.1, -0.05) is 84.1 Å². The van der Waals surface area contributed by atoms with Crippen LogP contribution in [0.1, 0.15) is 17.2 Å². The number of fused-ring (bicyclic) bond motifs is 1. The number of thioether (sulfide) groups is 1. The molecular weight excluding hydrogens is 425 g/mol. The lowest BCUT2D eigenvalue weighted by Crippen LogP contribution is -2.41. The zero-order valence-corrected chi connectivity index (χ0v) is 18.0. The van der Waals surface area contributed by atoms with Crippen LogP contribution in [0.15, 0.2) is 84.0 Å². The average Bonchev–Trinajstić information content (AvgIpc) is 3.24. The number of carbonyl (C=O) groups is 1. The SMILES string of the molecule is Cc1ccc([C@@H]2Nn3c(nnc3-c3ccccc3)S[C@H]2C(=O)Nc2ccccc2F)cc1. The van der Waals surface area contributed by atoms with Crippen molar-refractivity contribution in [2.75, 3.05) is 10.7 Å². The third-order valence-corrected chi connectivity index (χ3v) is 6.51. The Kier molecular flexibility index (Phi) is 5.36. The zero-order valence-electron chi connectivity index (χ0n) is 17.2. The van der Waals surface area contributed by atoms with Gasteiger partial charge < -0.3 is 10.7 Å². The summed E-state index contributed by atoms with van der Waals surface area (Å²) >= 11 is 1.31. The lowest BCUT2D eigenvalue weighted by molar-refractivity contribution is -0.116. The van der Waals surface area contributed by atoms with Crippen LogP contribution in [-0.4, -0.2) is 26.0 Å². The molecule has 1 amide bonds. The van der Waals surface area contributed by atoms with Gasteiger partial charge in [0, 0.05) is 5.56 Å². The summed E-state index contributed by atoms with van der Waals surface area (Å²) < 4.78 is 16.0. The highest BCUT2D eigenvalue weighted by atomic mass is 32.2. The van der Waals surface area contributed by atoms with E-state index in [1.807, 2.05) is 66.2 Å². The number of hydrogen-bond acceptors (Lipinski definition) is 5. The van der Waals surface area contributed by atoms with Crippen molar-refractivity contribution in [3.63, 3.8) is 0 Å². The number of nitrogens with one attached hydrogen (secondary N) is 2. The number of benzene rings is 3. The fourth-order valence-electron chi connectivity index (χ4n) is 3.62. The Morgan fingerprint density at radius 2 is 1.72 bits per heavy atom. The Morgan fingerprint density at radius 3 is 2.47 bits per heavy atom. The van der Waals surface area contributed by atoms with Gasteiger partial charge in [0.05, 0.1) is 11.7 Å². The number of carbonyl (C=O) groups excluding carboxylic acids is 1. The van der Waals surface area contributed by atoms with E-state index >= 15 is 0 Å². The molecule has 0 radical (unpaired) electrons. The topological polar surface area (TPSA) is 71.8 Å². The Bertz CT molecular complexity index is 1260. The second kappa shape index (κ2) is 8.47. The first-order valence-electron chi connectivity index (χ1n) is 10.2. The van der Waals surface area contributed by atoms with Gasteiger partial charge in [0.15, 0.2) is 5.82 Å². The minimum absolute atomic E-state index is 0.151. The highest BCUT2D eigenvalue weighted by Gasteiger charge is 2.38. The van der Waals surface area contributed by atoms with E-state index in [4.69, 9.17) is 0 Å². The molecule has 0 bridgehead atoms. The van der Waals surface area contributed by atoms with Gasteiger partial charge in [-0.25, -0.2) is 9.07 Å². The van der Waals surface area contributed by atoms with Crippen molar-refractivity contribution >= 4 is 23.4 Å². The Labute approximate surface area is 188 Å². The minimum Gasteiger partial charge on any atom is -0.323 e. The van der Waals surface area contributed by atoms with E-state index in [-0.39, 0.29) is 17.6 Å².